The van der Waals surface area contributed by atoms with Crippen molar-refractivity contribution in [1.29, 1.82) is 0 Å². The fourth-order valence-electron chi connectivity index (χ4n) is 4.07. The van der Waals surface area contributed by atoms with Crippen molar-refractivity contribution in [2.45, 2.75) is 18.1 Å². The monoisotopic (exact) mass is 549 g/mol. The summed E-state index contributed by atoms with van der Waals surface area (Å²) in [6.45, 7) is 0.386. The number of amidine groups is 1. The third-order valence-electron chi connectivity index (χ3n) is 6.17. The Hall–Kier alpha value is -4.18. The van der Waals surface area contributed by atoms with Gasteiger partial charge in [-0.1, -0.05) is 30.0 Å². The van der Waals surface area contributed by atoms with Gasteiger partial charge in [-0.25, -0.2) is 4.99 Å². The van der Waals surface area contributed by atoms with E-state index >= 15 is 0 Å². The number of para-hydroxylation sites is 2. The van der Waals surface area contributed by atoms with Crippen LogP contribution in [0.5, 0.6) is 23.0 Å². The average Bonchev–Trinajstić information content (AvgIpc) is 2.97. The predicted octanol–water partition coefficient (Wildman–Crippen LogP) is 4.92. The molecule has 4 rings (SSSR count). The molecule has 0 saturated carbocycles. The van der Waals surface area contributed by atoms with Crippen molar-refractivity contribution in [2.24, 2.45) is 4.99 Å². The molecule has 1 fully saturated rings. The number of amides is 2. The number of hydrogen-bond acceptors (Lipinski definition) is 8. The molecule has 10 heteroatoms. The number of thioether (sulfide) groups is 1. The molecule has 3 aromatic carbocycles. The van der Waals surface area contributed by atoms with Crippen LogP contribution >= 0.6 is 11.8 Å². The Morgan fingerprint density at radius 3 is 2.33 bits per heavy atom. The van der Waals surface area contributed by atoms with Crippen LogP contribution in [0, 0.1) is 0 Å². The molecule has 0 unspecified atom stereocenters. The van der Waals surface area contributed by atoms with Gasteiger partial charge in [0.05, 0.1) is 39.8 Å². The summed E-state index contributed by atoms with van der Waals surface area (Å²) in [4.78, 5) is 33.0. The van der Waals surface area contributed by atoms with E-state index in [-0.39, 0.29) is 18.2 Å². The fraction of sp³-hybridized carbons (Fsp3) is 0.276. The van der Waals surface area contributed by atoms with Gasteiger partial charge in [-0.2, -0.15) is 0 Å². The molecule has 1 aliphatic heterocycles. The largest absolute Gasteiger partial charge is 0.497 e. The molecule has 204 valence electrons. The van der Waals surface area contributed by atoms with Crippen LogP contribution < -0.4 is 24.3 Å². The minimum atomic E-state index is -0.656. The summed E-state index contributed by atoms with van der Waals surface area (Å²) in [5.41, 5.74) is 2.17. The number of benzene rings is 3. The van der Waals surface area contributed by atoms with Gasteiger partial charge in [-0.05, 0) is 60.5 Å². The summed E-state index contributed by atoms with van der Waals surface area (Å²) in [6.07, 6.45) is 0.603. The Morgan fingerprint density at radius 2 is 1.64 bits per heavy atom. The summed E-state index contributed by atoms with van der Waals surface area (Å²) in [7, 11) is 6.31. The van der Waals surface area contributed by atoms with E-state index in [2.05, 4.69) is 5.32 Å². The number of hydrogen-bond donors (Lipinski definition) is 1. The smallest absolute Gasteiger partial charge is 0.238 e. The van der Waals surface area contributed by atoms with Crippen LogP contribution in [-0.2, 0) is 16.0 Å². The van der Waals surface area contributed by atoms with Crippen molar-refractivity contribution in [1.82, 2.24) is 4.90 Å². The number of aliphatic imine (C=N–C) groups is 1. The lowest BCUT2D eigenvalue weighted by Gasteiger charge is -2.32. The van der Waals surface area contributed by atoms with Crippen LogP contribution in [0.2, 0.25) is 0 Å². The molecular formula is C29H31N3O6S. The molecular weight excluding hydrogens is 518 g/mol. The van der Waals surface area contributed by atoms with Crippen LogP contribution in [0.1, 0.15) is 12.0 Å². The second kappa shape index (κ2) is 13.1. The average molecular weight is 550 g/mol. The van der Waals surface area contributed by atoms with Gasteiger partial charge in [0.25, 0.3) is 0 Å². The number of rotatable bonds is 10. The molecule has 0 spiro atoms. The molecule has 0 bridgehead atoms. The highest BCUT2D eigenvalue weighted by molar-refractivity contribution is 8.15. The molecule has 1 aliphatic rings. The Bertz CT molecular complexity index is 1350. The zero-order valence-electron chi connectivity index (χ0n) is 22.3. The minimum Gasteiger partial charge on any atom is -0.497 e. The number of nitrogens with one attached hydrogen (secondary N) is 1. The number of carbonyl (C=O) groups is 2. The van der Waals surface area contributed by atoms with Gasteiger partial charge in [0.15, 0.2) is 16.7 Å². The van der Waals surface area contributed by atoms with Crippen LogP contribution in [0.4, 0.5) is 11.4 Å². The summed E-state index contributed by atoms with van der Waals surface area (Å²) < 4.78 is 21.3. The maximum absolute atomic E-state index is 13.4. The second-order valence-electron chi connectivity index (χ2n) is 8.58. The van der Waals surface area contributed by atoms with Gasteiger partial charge < -0.3 is 24.3 Å². The van der Waals surface area contributed by atoms with E-state index in [0.29, 0.717) is 52.5 Å². The summed E-state index contributed by atoms with van der Waals surface area (Å²) >= 11 is 1.26. The van der Waals surface area contributed by atoms with E-state index in [1.54, 1.807) is 57.6 Å². The lowest BCUT2D eigenvalue weighted by atomic mass is 10.1. The minimum absolute atomic E-state index is 0.0409. The van der Waals surface area contributed by atoms with E-state index in [1.807, 2.05) is 42.5 Å². The molecule has 1 heterocycles. The van der Waals surface area contributed by atoms with Gasteiger partial charge in [-0.15, -0.1) is 0 Å². The molecule has 9 nitrogen and oxygen atoms in total. The predicted molar refractivity (Wildman–Crippen MR) is 153 cm³/mol. The molecule has 2 amide bonds. The van der Waals surface area contributed by atoms with Gasteiger partial charge in [0.1, 0.15) is 16.7 Å². The van der Waals surface area contributed by atoms with Crippen LogP contribution in [-0.4, -0.2) is 62.1 Å². The van der Waals surface area contributed by atoms with Gasteiger partial charge >= 0.3 is 0 Å². The normalized spacial score (nSPS) is 16.1. The summed E-state index contributed by atoms with van der Waals surface area (Å²) in [6, 6.07) is 20.0. The number of carbonyl (C=O) groups excluding carboxylic acids is 2. The van der Waals surface area contributed by atoms with E-state index < -0.39 is 5.25 Å². The van der Waals surface area contributed by atoms with Crippen LogP contribution in [0.3, 0.4) is 0 Å². The van der Waals surface area contributed by atoms with Crippen LogP contribution in [0.15, 0.2) is 71.7 Å². The molecule has 3 aromatic rings. The standard InChI is InChI=1S/C29H31N3O6S/c1-35-21-12-10-20(11-13-21)30-29-32(16-15-19-9-14-24(37-3)25(17-19)38-4)27(33)18-26(39-29)28(34)31-22-7-5-6-8-23(22)36-2/h5-14,17,26H,15-16,18H2,1-4H3,(H,31,34)/t26-/m0/s1. The van der Waals surface area contributed by atoms with Gasteiger partial charge in [-0.3, -0.25) is 14.5 Å². The SMILES string of the molecule is COc1ccc(N=C2S[C@H](C(=O)Nc3ccccc3OC)CC(=O)N2CCc2ccc(OC)c(OC)c2)cc1. The van der Waals surface area contributed by atoms with Crippen LogP contribution in [0.25, 0.3) is 0 Å². The van der Waals surface area contributed by atoms with Gasteiger partial charge in [0, 0.05) is 13.0 Å². The topological polar surface area (TPSA) is 98.7 Å². The Labute approximate surface area is 232 Å². The van der Waals surface area contributed by atoms with E-state index in [1.165, 1.54) is 11.8 Å². The van der Waals surface area contributed by atoms with Crippen molar-refractivity contribution in [3.63, 3.8) is 0 Å². The maximum atomic E-state index is 13.4. The highest BCUT2D eigenvalue weighted by Crippen LogP contribution is 2.33. The van der Waals surface area contributed by atoms with E-state index in [9.17, 15) is 9.59 Å². The van der Waals surface area contributed by atoms with E-state index in [4.69, 9.17) is 23.9 Å². The second-order valence-corrected chi connectivity index (χ2v) is 9.75. The van der Waals surface area contributed by atoms with Gasteiger partial charge in [0.2, 0.25) is 11.8 Å². The first kappa shape index (κ1) is 27.8. The highest BCUT2D eigenvalue weighted by atomic mass is 32.2. The Kier molecular flexibility index (Phi) is 9.32. The summed E-state index contributed by atoms with van der Waals surface area (Å²) in [5, 5.41) is 2.69. The number of methoxy groups -OCH3 is 4. The molecule has 1 atom stereocenters. The third kappa shape index (κ3) is 6.83. The zero-order valence-corrected chi connectivity index (χ0v) is 23.1. The zero-order chi connectivity index (χ0) is 27.8. The molecule has 0 radical (unpaired) electrons. The van der Waals surface area contributed by atoms with E-state index in [0.717, 1.165) is 5.56 Å². The number of anilines is 1. The lowest BCUT2D eigenvalue weighted by molar-refractivity contribution is -0.129. The number of ether oxygens (including phenoxy) is 4. The van der Waals surface area contributed by atoms with Crippen molar-refractivity contribution in [2.75, 3.05) is 40.3 Å². The molecule has 39 heavy (non-hydrogen) atoms. The number of nitrogens with zero attached hydrogens (tertiary/aromatic N) is 2. The fourth-order valence-corrected chi connectivity index (χ4v) is 5.19. The molecule has 1 N–H and O–H groups in total. The lowest BCUT2D eigenvalue weighted by Crippen LogP contribution is -2.46. The third-order valence-corrected chi connectivity index (χ3v) is 7.35. The molecule has 0 aliphatic carbocycles. The van der Waals surface area contributed by atoms with Crippen molar-refractivity contribution in [3.05, 3.63) is 72.3 Å². The first-order chi connectivity index (χ1) is 18.9. The molecule has 0 aromatic heterocycles. The van der Waals surface area contributed by atoms with Crippen molar-refractivity contribution < 1.29 is 28.5 Å². The first-order valence-corrected chi connectivity index (χ1v) is 13.2. The maximum Gasteiger partial charge on any atom is 0.238 e. The highest BCUT2D eigenvalue weighted by Gasteiger charge is 2.36. The Balaban J connectivity index is 1.57. The quantitative estimate of drug-likeness (QED) is 0.383. The first-order valence-electron chi connectivity index (χ1n) is 12.3. The van der Waals surface area contributed by atoms with Crippen molar-refractivity contribution in [3.8, 4) is 23.0 Å². The summed E-state index contributed by atoms with van der Waals surface area (Å²) in [5.74, 6) is 2.03. The molecule has 1 saturated heterocycles. The Morgan fingerprint density at radius 1 is 0.923 bits per heavy atom. The van der Waals surface area contributed by atoms with Crippen molar-refractivity contribution >= 4 is 40.1 Å².